The number of carbonyl (C=O) groups is 1. The van der Waals surface area contributed by atoms with Crippen LogP contribution in [0.1, 0.15) is 30.6 Å². The quantitative estimate of drug-likeness (QED) is 0.596. The van der Waals surface area contributed by atoms with E-state index in [0.29, 0.717) is 29.9 Å². The van der Waals surface area contributed by atoms with E-state index in [1.54, 1.807) is 36.4 Å². The third-order valence-corrected chi connectivity index (χ3v) is 6.84. The van der Waals surface area contributed by atoms with Gasteiger partial charge < -0.3 is 9.73 Å². The third kappa shape index (κ3) is 4.01. The monoisotopic (exact) mass is 428 g/mol. The molecule has 0 unspecified atom stereocenters. The van der Waals surface area contributed by atoms with Crippen molar-refractivity contribution < 1.29 is 22.0 Å². The summed E-state index contributed by atoms with van der Waals surface area (Å²) in [7, 11) is -3.79. The maximum absolute atomic E-state index is 13.7. The normalized spacial score (nSPS) is 15.4. The molecule has 4 rings (SSSR count). The largest absolute Gasteiger partial charge is 0.468 e. The van der Waals surface area contributed by atoms with Crippen LogP contribution >= 0.6 is 0 Å². The van der Waals surface area contributed by atoms with Crippen LogP contribution in [0.3, 0.4) is 0 Å². The summed E-state index contributed by atoms with van der Waals surface area (Å²) in [6.45, 7) is 0.0224. The van der Waals surface area contributed by atoms with E-state index in [1.165, 1.54) is 30.5 Å². The van der Waals surface area contributed by atoms with Crippen molar-refractivity contribution in [3.8, 4) is 0 Å². The van der Waals surface area contributed by atoms with E-state index in [-0.39, 0.29) is 23.2 Å². The zero-order chi connectivity index (χ0) is 21.2. The minimum atomic E-state index is -3.79. The standard InChI is InChI=1S/C22H21FN2O4S/c23-17-6-1-5-16(13-17)22(10-4-11-22)21(26)25-18-7-2-9-20(14-18)30(27,28)24-15-19-8-3-12-29-19/h1-3,5-9,12-14,24H,4,10-11,15H2,(H,25,26). The second-order valence-corrected chi connectivity index (χ2v) is 9.10. The van der Waals surface area contributed by atoms with Gasteiger partial charge in [0.1, 0.15) is 11.6 Å². The smallest absolute Gasteiger partial charge is 0.241 e. The van der Waals surface area contributed by atoms with Crippen LogP contribution in [0.5, 0.6) is 0 Å². The first-order chi connectivity index (χ1) is 14.4. The SMILES string of the molecule is O=C(Nc1cccc(S(=O)(=O)NCc2ccco2)c1)C1(c2cccc(F)c2)CCC1. The number of carbonyl (C=O) groups excluding carboxylic acids is 1. The Labute approximate surface area is 174 Å². The molecule has 0 atom stereocenters. The maximum atomic E-state index is 13.7. The Morgan fingerprint density at radius 3 is 2.53 bits per heavy atom. The molecule has 30 heavy (non-hydrogen) atoms. The molecule has 1 saturated carbocycles. The Hall–Kier alpha value is -2.97. The molecule has 1 fully saturated rings. The number of rotatable bonds is 7. The molecule has 0 aliphatic heterocycles. The van der Waals surface area contributed by atoms with E-state index >= 15 is 0 Å². The van der Waals surface area contributed by atoms with Crippen LogP contribution in [0.2, 0.25) is 0 Å². The van der Waals surface area contributed by atoms with Gasteiger partial charge in [-0.2, -0.15) is 0 Å². The number of furan rings is 1. The molecule has 0 bridgehead atoms. The zero-order valence-corrected chi connectivity index (χ0v) is 16.9. The van der Waals surface area contributed by atoms with Crippen molar-refractivity contribution in [1.29, 1.82) is 0 Å². The van der Waals surface area contributed by atoms with Gasteiger partial charge in [-0.3, -0.25) is 4.79 Å². The van der Waals surface area contributed by atoms with Crippen LogP contribution in [0.25, 0.3) is 0 Å². The summed E-state index contributed by atoms with van der Waals surface area (Å²) in [5, 5.41) is 2.81. The van der Waals surface area contributed by atoms with Crippen LogP contribution in [-0.2, 0) is 26.8 Å². The molecule has 0 spiro atoms. The predicted molar refractivity (Wildman–Crippen MR) is 110 cm³/mol. The van der Waals surface area contributed by atoms with Gasteiger partial charge in [-0.1, -0.05) is 24.6 Å². The number of hydrogen-bond donors (Lipinski definition) is 2. The van der Waals surface area contributed by atoms with Crippen LogP contribution in [0.4, 0.5) is 10.1 Å². The molecular formula is C22H21FN2O4S. The van der Waals surface area contributed by atoms with Crippen molar-refractivity contribution >= 4 is 21.6 Å². The molecule has 1 heterocycles. The van der Waals surface area contributed by atoms with Gasteiger partial charge in [0, 0.05) is 5.69 Å². The lowest BCUT2D eigenvalue weighted by Crippen LogP contribution is -2.46. The van der Waals surface area contributed by atoms with Crippen molar-refractivity contribution in [2.75, 3.05) is 5.32 Å². The molecule has 2 aromatic carbocycles. The summed E-state index contributed by atoms with van der Waals surface area (Å²) in [5.74, 6) is -0.162. The summed E-state index contributed by atoms with van der Waals surface area (Å²) in [6.07, 6.45) is 3.57. The highest BCUT2D eigenvalue weighted by atomic mass is 32.2. The Kier molecular flexibility index (Phi) is 5.44. The van der Waals surface area contributed by atoms with Gasteiger partial charge in [0.15, 0.2) is 0 Å². The fourth-order valence-electron chi connectivity index (χ4n) is 3.62. The van der Waals surface area contributed by atoms with Gasteiger partial charge in [-0.25, -0.2) is 17.5 Å². The number of anilines is 1. The number of nitrogens with one attached hydrogen (secondary N) is 2. The molecule has 0 saturated heterocycles. The molecule has 8 heteroatoms. The van der Waals surface area contributed by atoms with Gasteiger partial charge >= 0.3 is 0 Å². The number of halogens is 1. The van der Waals surface area contributed by atoms with Crippen molar-refractivity contribution in [2.24, 2.45) is 0 Å². The summed E-state index contributed by atoms with van der Waals surface area (Å²) in [4.78, 5) is 13.1. The summed E-state index contributed by atoms with van der Waals surface area (Å²) >= 11 is 0. The Morgan fingerprint density at radius 1 is 1.07 bits per heavy atom. The summed E-state index contributed by atoms with van der Waals surface area (Å²) in [5.41, 5.74) is 0.202. The molecule has 2 N–H and O–H groups in total. The van der Waals surface area contributed by atoms with Crippen LogP contribution in [-0.4, -0.2) is 14.3 Å². The van der Waals surface area contributed by atoms with Gasteiger partial charge in [0.05, 0.1) is 23.1 Å². The van der Waals surface area contributed by atoms with Gasteiger partial charge in [-0.05, 0) is 60.9 Å². The second kappa shape index (κ2) is 8.04. The van der Waals surface area contributed by atoms with E-state index in [9.17, 15) is 17.6 Å². The van der Waals surface area contributed by atoms with E-state index in [0.717, 1.165) is 6.42 Å². The lowest BCUT2D eigenvalue weighted by molar-refractivity contribution is -0.124. The summed E-state index contributed by atoms with van der Waals surface area (Å²) in [6, 6.07) is 15.5. The van der Waals surface area contributed by atoms with Gasteiger partial charge in [0.25, 0.3) is 0 Å². The highest BCUT2D eigenvalue weighted by Crippen LogP contribution is 2.44. The third-order valence-electron chi connectivity index (χ3n) is 5.44. The number of amides is 1. The lowest BCUT2D eigenvalue weighted by Gasteiger charge is -2.40. The minimum Gasteiger partial charge on any atom is -0.468 e. The van der Waals surface area contributed by atoms with Crippen LogP contribution in [0.15, 0.2) is 76.2 Å². The van der Waals surface area contributed by atoms with Crippen molar-refractivity contribution in [3.63, 3.8) is 0 Å². The number of benzene rings is 2. The Morgan fingerprint density at radius 2 is 1.87 bits per heavy atom. The topological polar surface area (TPSA) is 88.4 Å². The molecule has 3 aromatic rings. The fourth-order valence-corrected chi connectivity index (χ4v) is 4.66. The molecular weight excluding hydrogens is 407 g/mol. The highest BCUT2D eigenvalue weighted by molar-refractivity contribution is 7.89. The average molecular weight is 428 g/mol. The first kappa shape index (κ1) is 20.3. The van der Waals surface area contributed by atoms with Gasteiger partial charge in [-0.15, -0.1) is 0 Å². The average Bonchev–Trinajstić information content (AvgIpc) is 3.20. The summed E-state index contributed by atoms with van der Waals surface area (Å²) < 4.78 is 46.5. The molecule has 6 nitrogen and oxygen atoms in total. The highest BCUT2D eigenvalue weighted by Gasteiger charge is 2.45. The van der Waals surface area contributed by atoms with Crippen LogP contribution in [0, 0.1) is 5.82 Å². The second-order valence-electron chi connectivity index (χ2n) is 7.33. The van der Waals surface area contributed by atoms with E-state index in [4.69, 9.17) is 4.42 Å². The molecule has 1 aromatic heterocycles. The predicted octanol–water partition coefficient (Wildman–Crippen LogP) is 3.96. The van der Waals surface area contributed by atoms with Crippen LogP contribution < -0.4 is 10.0 Å². The first-order valence-electron chi connectivity index (χ1n) is 9.59. The van der Waals surface area contributed by atoms with Crippen molar-refractivity contribution in [2.45, 2.75) is 36.1 Å². The molecule has 1 aliphatic carbocycles. The fraction of sp³-hybridized carbons (Fsp3) is 0.227. The number of hydrogen-bond acceptors (Lipinski definition) is 4. The first-order valence-corrected chi connectivity index (χ1v) is 11.1. The van der Waals surface area contributed by atoms with E-state index < -0.39 is 15.4 Å². The molecule has 1 aliphatic rings. The van der Waals surface area contributed by atoms with E-state index in [1.807, 2.05) is 0 Å². The maximum Gasteiger partial charge on any atom is 0.241 e. The molecule has 0 radical (unpaired) electrons. The Balaban J connectivity index is 1.52. The van der Waals surface area contributed by atoms with Gasteiger partial charge in [0.2, 0.25) is 15.9 Å². The molecule has 1 amide bonds. The zero-order valence-electron chi connectivity index (χ0n) is 16.1. The van der Waals surface area contributed by atoms with Crippen molar-refractivity contribution in [1.82, 2.24) is 4.72 Å². The van der Waals surface area contributed by atoms with E-state index in [2.05, 4.69) is 10.0 Å². The number of sulfonamides is 1. The molecule has 156 valence electrons. The lowest BCUT2D eigenvalue weighted by atomic mass is 9.63. The minimum absolute atomic E-state index is 0.0224. The van der Waals surface area contributed by atoms with Crippen molar-refractivity contribution in [3.05, 3.63) is 84.1 Å². The Bertz CT molecular complexity index is 1160.